The number of likely N-dealkylation sites (tertiary alicyclic amines) is 1. The van der Waals surface area contributed by atoms with E-state index in [4.69, 9.17) is 0 Å². The SMILES string of the molecule is CSC[C@@H]1CCCN1C(=O)c1ccc(C(C)C)cc1. The zero-order chi connectivity index (χ0) is 13.8. The van der Waals surface area contributed by atoms with Crippen molar-refractivity contribution in [3.63, 3.8) is 0 Å². The normalized spacial score (nSPS) is 19.2. The van der Waals surface area contributed by atoms with Gasteiger partial charge in [-0.1, -0.05) is 26.0 Å². The highest BCUT2D eigenvalue weighted by Gasteiger charge is 2.28. The summed E-state index contributed by atoms with van der Waals surface area (Å²) in [5.74, 6) is 1.77. The quantitative estimate of drug-likeness (QED) is 0.835. The van der Waals surface area contributed by atoms with Crippen LogP contribution in [0.15, 0.2) is 24.3 Å². The average Bonchev–Trinajstić information content (AvgIpc) is 2.87. The van der Waals surface area contributed by atoms with Gasteiger partial charge in [-0.05, 0) is 42.7 Å². The Kier molecular flexibility index (Phi) is 4.92. The number of rotatable bonds is 4. The van der Waals surface area contributed by atoms with Gasteiger partial charge in [0.05, 0.1) is 0 Å². The third-order valence-corrected chi connectivity index (χ3v) is 4.54. The van der Waals surface area contributed by atoms with Crippen molar-refractivity contribution < 1.29 is 4.79 Å². The molecule has 1 aromatic rings. The molecule has 0 aromatic heterocycles. The van der Waals surface area contributed by atoms with E-state index >= 15 is 0 Å². The highest BCUT2D eigenvalue weighted by Crippen LogP contribution is 2.23. The van der Waals surface area contributed by atoms with Crippen LogP contribution < -0.4 is 0 Å². The van der Waals surface area contributed by atoms with Gasteiger partial charge >= 0.3 is 0 Å². The lowest BCUT2D eigenvalue weighted by molar-refractivity contribution is 0.0750. The lowest BCUT2D eigenvalue weighted by atomic mass is 10.0. The fraction of sp³-hybridized carbons (Fsp3) is 0.562. The summed E-state index contributed by atoms with van der Waals surface area (Å²) in [7, 11) is 0. The summed E-state index contributed by atoms with van der Waals surface area (Å²) in [6.45, 7) is 5.26. The van der Waals surface area contributed by atoms with E-state index in [9.17, 15) is 4.79 Å². The second-order valence-corrected chi connectivity index (χ2v) is 6.44. The minimum absolute atomic E-state index is 0.201. The number of hydrogen-bond donors (Lipinski definition) is 0. The van der Waals surface area contributed by atoms with E-state index in [2.05, 4.69) is 37.1 Å². The van der Waals surface area contributed by atoms with E-state index < -0.39 is 0 Å². The predicted molar refractivity (Wildman–Crippen MR) is 83.0 cm³/mol. The third kappa shape index (κ3) is 3.33. The van der Waals surface area contributed by atoms with E-state index in [-0.39, 0.29) is 5.91 Å². The summed E-state index contributed by atoms with van der Waals surface area (Å²) < 4.78 is 0. The molecule has 1 amide bonds. The minimum atomic E-state index is 0.201. The molecule has 0 unspecified atom stereocenters. The molecular weight excluding hydrogens is 254 g/mol. The Labute approximate surface area is 120 Å². The Hall–Kier alpha value is -0.960. The number of thioether (sulfide) groups is 1. The van der Waals surface area contributed by atoms with Crippen molar-refractivity contribution in [2.24, 2.45) is 0 Å². The first kappa shape index (κ1) is 14.4. The van der Waals surface area contributed by atoms with Crippen molar-refractivity contribution in [1.29, 1.82) is 0 Å². The average molecular weight is 277 g/mol. The van der Waals surface area contributed by atoms with Crippen LogP contribution in [0.5, 0.6) is 0 Å². The van der Waals surface area contributed by atoms with Crippen LogP contribution in [0.25, 0.3) is 0 Å². The van der Waals surface area contributed by atoms with Gasteiger partial charge in [-0.25, -0.2) is 0 Å². The van der Waals surface area contributed by atoms with Crippen LogP contribution in [0.3, 0.4) is 0 Å². The Morgan fingerprint density at radius 3 is 2.63 bits per heavy atom. The zero-order valence-electron chi connectivity index (χ0n) is 12.1. The maximum Gasteiger partial charge on any atom is 0.254 e. The Balaban J connectivity index is 2.10. The summed E-state index contributed by atoms with van der Waals surface area (Å²) in [5, 5.41) is 0. The van der Waals surface area contributed by atoms with E-state index in [1.54, 1.807) is 0 Å². The fourth-order valence-corrected chi connectivity index (χ4v) is 3.38. The zero-order valence-corrected chi connectivity index (χ0v) is 12.9. The molecule has 0 bridgehead atoms. The lowest BCUT2D eigenvalue weighted by Crippen LogP contribution is -2.36. The molecule has 0 spiro atoms. The molecule has 1 saturated heterocycles. The minimum Gasteiger partial charge on any atom is -0.335 e. The van der Waals surface area contributed by atoms with Gasteiger partial charge in [0.15, 0.2) is 0 Å². The second kappa shape index (κ2) is 6.47. The van der Waals surface area contributed by atoms with Gasteiger partial charge < -0.3 is 4.90 Å². The number of nitrogens with zero attached hydrogens (tertiary/aromatic N) is 1. The summed E-state index contributed by atoms with van der Waals surface area (Å²) >= 11 is 1.83. The van der Waals surface area contributed by atoms with Gasteiger partial charge in [-0.3, -0.25) is 4.79 Å². The van der Waals surface area contributed by atoms with Crippen molar-refractivity contribution in [2.45, 2.75) is 38.6 Å². The van der Waals surface area contributed by atoms with Gasteiger partial charge in [0.1, 0.15) is 0 Å². The van der Waals surface area contributed by atoms with Crippen LogP contribution in [-0.2, 0) is 0 Å². The molecule has 1 atom stereocenters. The molecule has 1 aliphatic rings. The number of carbonyl (C=O) groups is 1. The van der Waals surface area contributed by atoms with E-state index in [0.717, 1.165) is 30.7 Å². The van der Waals surface area contributed by atoms with Crippen LogP contribution in [0.4, 0.5) is 0 Å². The number of amides is 1. The van der Waals surface area contributed by atoms with Crippen molar-refractivity contribution in [3.05, 3.63) is 35.4 Å². The van der Waals surface area contributed by atoms with Crippen molar-refractivity contribution in [2.75, 3.05) is 18.6 Å². The molecule has 1 fully saturated rings. The Bertz CT molecular complexity index is 427. The smallest absolute Gasteiger partial charge is 0.254 e. The van der Waals surface area contributed by atoms with E-state index in [1.165, 1.54) is 5.56 Å². The van der Waals surface area contributed by atoms with E-state index in [1.807, 2.05) is 23.9 Å². The predicted octanol–water partition coefficient (Wildman–Crippen LogP) is 3.78. The monoisotopic (exact) mass is 277 g/mol. The van der Waals surface area contributed by atoms with Crippen LogP contribution in [0, 0.1) is 0 Å². The van der Waals surface area contributed by atoms with E-state index in [0.29, 0.717) is 12.0 Å². The number of benzene rings is 1. The van der Waals surface area contributed by atoms with Crippen LogP contribution >= 0.6 is 11.8 Å². The molecule has 2 nitrogen and oxygen atoms in total. The molecule has 0 N–H and O–H groups in total. The largest absolute Gasteiger partial charge is 0.335 e. The van der Waals surface area contributed by atoms with Gasteiger partial charge in [0.25, 0.3) is 5.91 Å². The highest BCUT2D eigenvalue weighted by atomic mass is 32.2. The molecule has 0 aliphatic carbocycles. The second-order valence-electron chi connectivity index (χ2n) is 5.53. The molecule has 0 saturated carbocycles. The standard InChI is InChI=1S/C16H23NOS/c1-12(2)13-6-8-14(9-7-13)16(18)17-10-4-5-15(17)11-19-3/h6-9,12,15H,4-5,10-11H2,1-3H3/t15-/m0/s1. The molecule has 1 aromatic carbocycles. The van der Waals surface area contributed by atoms with Gasteiger partial charge in [-0.2, -0.15) is 11.8 Å². The first-order chi connectivity index (χ1) is 9.13. The third-order valence-electron chi connectivity index (χ3n) is 3.82. The van der Waals surface area contributed by atoms with Gasteiger partial charge in [-0.15, -0.1) is 0 Å². The molecule has 2 rings (SSSR count). The first-order valence-electron chi connectivity index (χ1n) is 7.03. The maximum absolute atomic E-state index is 12.5. The molecule has 1 aliphatic heterocycles. The van der Waals surface area contributed by atoms with Gasteiger partial charge in [0.2, 0.25) is 0 Å². The topological polar surface area (TPSA) is 20.3 Å². The molecule has 19 heavy (non-hydrogen) atoms. The van der Waals surface area contributed by atoms with Crippen LogP contribution in [-0.4, -0.2) is 35.4 Å². The molecular formula is C16H23NOS. The van der Waals surface area contributed by atoms with Crippen LogP contribution in [0.2, 0.25) is 0 Å². The Morgan fingerprint density at radius 2 is 2.05 bits per heavy atom. The number of hydrogen-bond acceptors (Lipinski definition) is 2. The molecule has 3 heteroatoms. The summed E-state index contributed by atoms with van der Waals surface area (Å²) in [4.78, 5) is 14.6. The van der Waals surface area contributed by atoms with Crippen molar-refractivity contribution in [3.8, 4) is 0 Å². The summed E-state index contributed by atoms with van der Waals surface area (Å²) in [5.41, 5.74) is 2.12. The lowest BCUT2D eigenvalue weighted by Gasteiger charge is -2.24. The first-order valence-corrected chi connectivity index (χ1v) is 8.42. The summed E-state index contributed by atoms with van der Waals surface area (Å²) in [6, 6.07) is 8.54. The maximum atomic E-state index is 12.5. The van der Waals surface area contributed by atoms with Crippen molar-refractivity contribution >= 4 is 17.7 Å². The highest BCUT2D eigenvalue weighted by molar-refractivity contribution is 7.98. The molecule has 104 valence electrons. The molecule has 0 radical (unpaired) electrons. The van der Waals surface area contributed by atoms with Crippen LogP contribution in [0.1, 0.15) is 48.5 Å². The van der Waals surface area contributed by atoms with Crippen molar-refractivity contribution in [1.82, 2.24) is 4.90 Å². The number of carbonyl (C=O) groups excluding carboxylic acids is 1. The molecule has 1 heterocycles. The fourth-order valence-electron chi connectivity index (χ4n) is 2.65. The van der Waals surface area contributed by atoms with Gasteiger partial charge in [0, 0.05) is 23.9 Å². The summed E-state index contributed by atoms with van der Waals surface area (Å²) in [6.07, 6.45) is 4.40. The Morgan fingerprint density at radius 1 is 1.37 bits per heavy atom.